The zero-order valence-electron chi connectivity index (χ0n) is 9.19. The van der Waals surface area contributed by atoms with Gasteiger partial charge in [0.25, 0.3) is 5.56 Å². The molecule has 3 nitrogen and oxygen atoms in total. The molecule has 2 aromatic rings. The van der Waals surface area contributed by atoms with Gasteiger partial charge in [0.05, 0.1) is 5.69 Å². The van der Waals surface area contributed by atoms with Crippen LogP contribution in [0.4, 0.5) is 0 Å². The van der Waals surface area contributed by atoms with Crippen molar-refractivity contribution in [1.82, 2.24) is 9.36 Å². The molecule has 0 aliphatic heterocycles. The number of rotatable bonds is 1. The maximum Gasteiger partial charge on any atom is 0.269 e. The van der Waals surface area contributed by atoms with Gasteiger partial charge in [-0.3, -0.25) is 14.2 Å². The molecule has 0 amide bonds. The second-order valence-electron chi connectivity index (χ2n) is 3.69. The van der Waals surface area contributed by atoms with Crippen molar-refractivity contribution in [2.24, 2.45) is 14.1 Å². The molecule has 0 radical (unpaired) electrons. The lowest BCUT2D eigenvalue weighted by Crippen LogP contribution is -2.17. The van der Waals surface area contributed by atoms with E-state index >= 15 is 0 Å². The zero-order valence-corrected chi connectivity index (χ0v) is 9.19. The third-order valence-corrected chi connectivity index (χ3v) is 2.79. The smallest absolute Gasteiger partial charge is 0.269 e. The minimum absolute atomic E-state index is 0.0661. The van der Waals surface area contributed by atoms with Gasteiger partial charge in [0, 0.05) is 25.2 Å². The van der Waals surface area contributed by atoms with Crippen molar-refractivity contribution >= 4 is 0 Å². The van der Waals surface area contributed by atoms with E-state index in [-0.39, 0.29) is 5.56 Å². The highest BCUT2D eigenvalue weighted by Crippen LogP contribution is 2.20. The number of benzene rings is 1. The van der Waals surface area contributed by atoms with Crippen LogP contribution < -0.4 is 5.56 Å². The molecule has 1 aromatic carbocycles. The van der Waals surface area contributed by atoms with Gasteiger partial charge in [-0.25, -0.2) is 0 Å². The summed E-state index contributed by atoms with van der Waals surface area (Å²) in [6.07, 6.45) is 0. The van der Waals surface area contributed by atoms with E-state index in [0.29, 0.717) is 0 Å². The summed E-state index contributed by atoms with van der Waals surface area (Å²) in [6.45, 7) is 1.87. The molecule has 0 aliphatic carbocycles. The summed E-state index contributed by atoms with van der Waals surface area (Å²) >= 11 is 0. The second-order valence-corrected chi connectivity index (χ2v) is 3.69. The molecule has 0 spiro atoms. The van der Waals surface area contributed by atoms with Crippen molar-refractivity contribution < 1.29 is 0 Å². The van der Waals surface area contributed by atoms with Crippen LogP contribution >= 0.6 is 0 Å². The van der Waals surface area contributed by atoms with Crippen molar-refractivity contribution in [1.29, 1.82) is 0 Å². The van der Waals surface area contributed by atoms with Crippen LogP contribution in [0, 0.1) is 6.92 Å². The van der Waals surface area contributed by atoms with Crippen LogP contribution in [0.3, 0.4) is 0 Å². The Morgan fingerprint density at radius 3 is 2.07 bits per heavy atom. The molecule has 0 bridgehead atoms. The van der Waals surface area contributed by atoms with E-state index in [4.69, 9.17) is 0 Å². The number of hydrogen-bond donors (Lipinski definition) is 0. The molecular weight excluding hydrogens is 188 g/mol. The maximum absolute atomic E-state index is 11.7. The molecule has 0 atom stereocenters. The molecule has 3 heteroatoms. The normalized spacial score (nSPS) is 10.6. The summed E-state index contributed by atoms with van der Waals surface area (Å²) in [7, 11) is 3.68. The van der Waals surface area contributed by atoms with Gasteiger partial charge in [-0.2, -0.15) is 0 Å². The van der Waals surface area contributed by atoms with Crippen LogP contribution in [0.15, 0.2) is 35.1 Å². The average molecular weight is 202 g/mol. The first-order chi connectivity index (χ1) is 7.13. The van der Waals surface area contributed by atoms with Crippen LogP contribution in [0.1, 0.15) is 5.56 Å². The summed E-state index contributed by atoms with van der Waals surface area (Å²) in [5.41, 5.74) is 2.93. The SMILES string of the molecule is Cc1c(-c2ccccc2)n(C)n(C)c1=O. The highest BCUT2D eigenvalue weighted by Gasteiger charge is 2.12. The van der Waals surface area contributed by atoms with Gasteiger partial charge < -0.3 is 0 Å². The molecule has 1 heterocycles. The molecular formula is C12H14N2O. The van der Waals surface area contributed by atoms with Gasteiger partial charge in [0.1, 0.15) is 0 Å². The Labute approximate surface area is 88.6 Å². The second kappa shape index (κ2) is 3.42. The van der Waals surface area contributed by atoms with Crippen molar-refractivity contribution in [3.8, 4) is 11.3 Å². The lowest BCUT2D eigenvalue weighted by Gasteiger charge is -2.06. The lowest BCUT2D eigenvalue weighted by atomic mass is 10.1. The van der Waals surface area contributed by atoms with Crippen molar-refractivity contribution in [2.75, 3.05) is 0 Å². The maximum atomic E-state index is 11.7. The summed E-state index contributed by atoms with van der Waals surface area (Å²) in [6, 6.07) is 9.96. The van der Waals surface area contributed by atoms with Gasteiger partial charge >= 0.3 is 0 Å². The molecule has 0 N–H and O–H groups in total. The first-order valence-corrected chi connectivity index (χ1v) is 4.91. The standard InChI is InChI=1S/C12H14N2O/c1-9-11(10-7-5-4-6-8-10)13(2)14(3)12(9)15/h4-8H,1-3H3. The molecule has 0 unspecified atom stereocenters. The molecule has 0 saturated heterocycles. The Hall–Kier alpha value is -1.77. The number of aromatic nitrogens is 2. The summed E-state index contributed by atoms with van der Waals surface area (Å²) in [4.78, 5) is 11.7. The van der Waals surface area contributed by atoms with Crippen LogP contribution in [0.5, 0.6) is 0 Å². The van der Waals surface area contributed by atoms with E-state index in [1.807, 2.05) is 49.0 Å². The predicted molar refractivity (Wildman–Crippen MR) is 60.8 cm³/mol. The van der Waals surface area contributed by atoms with E-state index in [0.717, 1.165) is 16.8 Å². The fourth-order valence-corrected chi connectivity index (χ4v) is 1.87. The lowest BCUT2D eigenvalue weighted by molar-refractivity contribution is 0.584. The van der Waals surface area contributed by atoms with E-state index in [1.165, 1.54) is 0 Å². The van der Waals surface area contributed by atoms with Gasteiger partial charge in [-0.1, -0.05) is 30.3 Å². The monoisotopic (exact) mass is 202 g/mol. The highest BCUT2D eigenvalue weighted by atomic mass is 16.1. The van der Waals surface area contributed by atoms with Crippen LogP contribution in [-0.4, -0.2) is 9.36 Å². The minimum Gasteiger partial charge on any atom is -0.285 e. The van der Waals surface area contributed by atoms with E-state index in [1.54, 1.807) is 11.7 Å². The molecule has 0 aliphatic rings. The number of hydrogen-bond acceptors (Lipinski definition) is 1. The fraction of sp³-hybridized carbons (Fsp3) is 0.250. The fourth-order valence-electron chi connectivity index (χ4n) is 1.87. The summed E-state index contributed by atoms with van der Waals surface area (Å²) < 4.78 is 3.50. The molecule has 78 valence electrons. The zero-order chi connectivity index (χ0) is 11.0. The van der Waals surface area contributed by atoms with Gasteiger partial charge in [0.15, 0.2) is 0 Å². The average Bonchev–Trinajstić information content (AvgIpc) is 2.45. The number of nitrogens with zero attached hydrogens (tertiary/aromatic N) is 2. The first kappa shape index (κ1) is 9.77. The Balaban J connectivity index is 2.75. The quantitative estimate of drug-likeness (QED) is 0.691. The van der Waals surface area contributed by atoms with Gasteiger partial charge in [-0.05, 0) is 6.92 Å². The third kappa shape index (κ3) is 1.40. The van der Waals surface area contributed by atoms with E-state index in [9.17, 15) is 4.79 Å². The van der Waals surface area contributed by atoms with E-state index in [2.05, 4.69) is 0 Å². The van der Waals surface area contributed by atoms with Crippen LogP contribution in [-0.2, 0) is 14.1 Å². The molecule has 2 rings (SSSR count). The van der Waals surface area contributed by atoms with Crippen molar-refractivity contribution in [2.45, 2.75) is 6.92 Å². The molecule has 0 fully saturated rings. The first-order valence-electron chi connectivity index (χ1n) is 4.91. The summed E-state index contributed by atoms with van der Waals surface area (Å²) in [5, 5.41) is 0. The van der Waals surface area contributed by atoms with E-state index < -0.39 is 0 Å². The minimum atomic E-state index is 0.0661. The largest absolute Gasteiger partial charge is 0.285 e. The summed E-state index contributed by atoms with van der Waals surface area (Å²) in [5.74, 6) is 0. The Morgan fingerprint density at radius 2 is 1.60 bits per heavy atom. The third-order valence-electron chi connectivity index (χ3n) is 2.79. The molecule has 0 saturated carbocycles. The Kier molecular flexibility index (Phi) is 2.23. The van der Waals surface area contributed by atoms with Crippen LogP contribution in [0.2, 0.25) is 0 Å². The Bertz CT molecular complexity index is 535. The Morgan fingerprint density at radius 1 is 1.00 bits per heavy atom. The molecule has 1 aromatic heterocycles. The highest BCUT2D eigenvalue weighted by molar-refractivity contribution is 5.62. The van der Waals surface area contributed by atoms with Gasteiger partial charge in [-0.15, -0.1) is 0 Å². The van der Waals surface area contributed by atoms with Crippen molar-refractivity contribution in [3.63, 3.8) is 0 Å². The van der Waals surface area contributed by atoms with Crippen molar-refractivity contribution in [3.05, 3.63) is 46.2 Å². The predicted octanol–water partition coefficient (Wildman–Crippen LogP) is 1.70. The van der Waals surface area contributed by atoms with Gasteiger partial charge in [0.2, 0.25) is 0 Å². The molecule has 15 heavy (non-hydrogen) atoms. The van der Waals surface area contributed by atoms with Crippen LogP contribution in [0.25, 0.3) is 11.3 Å². The topological polar surface area (TPSA) is 26.9 Å².